The largest absolute Gasteiger partial charge is 0.381 e. The number of piperidine rings is 1. The molecule has 2 aromatic rings. The lowest BCUT2D eigenvalue weighted by atomic mass is 9.74. The first-order valence-electron chi connectivity index (χ1n) is 11.7. The Labute approximate surface area is 187 Å². The molecule has 0 aliphatic carbocycles. The minimum Gasteiger partial charge on any atom is -0.381 e. The third-order valence-electron chi connectivity index (χ3n) is 6.92. The fourth-order valence-corrected chi connectivity index (χ4v) is 5.26. The van der Waals surface area contributed by atoms with Gasteiger partial charge in [-0.15, -0.1) is 0 Å². The van der Waals surface area contributed by atoms with E-state index in [2.05, 4.69) is 73.6 Å². The van der Waals surface area contributed by atoms with Crippen molar-refractivity contribution in [2.24, 2.45) is 5.41 Å². The predicted molar refractivity (Wildman–Crippen MR) is 126 cm³/mol. The Morgan fingerprint density at radius 3 is 2.55 bits per heavy atom. The molecule has 0 saturated carbocycles. The van der Waals surface area contributed by atoms with Crippen LogP contribution in [0, 0.1) is 19.3 Å². The summed E-state index contributed by atoms with van der Waals surface area (Å²) in [5, 5.41) is 3.41. The van der Waals surface area contributed by atoms with Crippen molar-refractivity contribution < 1.29 is 9.53 Å². The van der Waals surface area contributed by atoms with Gasteiger partial charge in [0.1, 0.15) is 0 Å². The second kappa shape index (κ2) is 9.54. The third kappa shape index (κ3) is 5.36. The lowest BCUT2D eigenvalue weighted by molar-refractivity contribution is -0.137. The van der Waals surface area contributed by atoms with Crippen LogP contribution in [0.4, 0.5) is 0 Å². The maximum atomic E-state index is 13.6. The highest BCUT2D eigenvalue weighted by atomic mass is 16.5. The summed E-state index contributed by atoms with van der Waals surface area (Å²) in [6, 6.07) is 15.7. The van der Waals surface area contributed by atoms with Crippen LogP contribution in [0.1, 0.15) is 42.4 Å². The van der Waals surface area contributed by atoms with Gasteiger partial charge in [0, 0.05) is 25.8 Å². The number of amides is 1. The van der Waals surface area contributed by atoms with E-state index in [1.807, 2.05) is 0 Å². The average molecular weight is 421 g/mol. The number of carbonyl (C=O) groups excluding carboxylic acids is 1. The summed E-state index contributed by atoms with van der Waals surface area (Å²) in [7, 11) is 2.14. The molecule has 2 aliphatic rings. The number of hydrogen-bond acceptors (Lipinski definition) is 3. The zero-order valence-corrected chi connectivity index (χ0v) is 19.2. The summed E-state index contributed by atoms with van der Waals surface area (Å²) in [6.07, 6.45) is 4.56. The Morgan fingerprint density at radius 1 is 1.10 bits per heavy atom. The van der Waals surface area contributed by atoms with Crippen molar-refractivity contribution in [2.45, 2.75) is 52.0 Å². The lowest BCUT2D eigenvalue weighted by Crippen LogP contribution is -2.53. The number of benzene rings is 2. The Balaban J connectivity index is 1.56. The fraction of sp³-hybridized carbons (Fsp3) is 0.519. The van der Waals surface area contributed by atoms with Crippen LogP contribution >= 0.6 is 0 Å². The van der Waals surface area contributed by atoms with Crippen molar-refractivity contribution in [1.82, 2.24) is 10.2 Å². The van der Waals surface area contributed by atoms with Crippen LogP contribution in [0.2, 0.25) is 0 Å². The lowest BCUT2D eigenvalue weighted by Gasteiger charge is -2.39. The van der Waals surface area contributed by atoms with Gasteiger partial charge in [-0.1, -0.05) is 53.6 Å². The second-order valence-electron chi connectivity index (χ2n) is 9.72. The standard InChI is InChI=1S/C27H36N2O2/c1-20-14-21(2)16-24(15-20)23-7-4-6-22(17-23)18-27(9-12-31-13-10-27)26(30)28-25-8-5-11-29(3)19-25/h4,6-7,14-17,25H,5,8-13,18-19H2,1-3H3,(H,28,30)/t25-/m0/s1. The summed E-state index contributed by atoms with van der Waals surface area (Å²) in [4.78, 5) is 15.9. The van der Waals surface area contributed by atoms with Crippen LogP contribution in [0.5, 0.6) is 0 Å². The number of hydrogen-bond donors (Lipinski definition) is 1. The van der Waals surface area contributed by atoms with Gasteiger partial charge >= 0.3 is 0 Å². The topological polar surface area (TPSA) is 41.6 Å². The van der Waals surface area contributed by atoms with E-state index in [-0.39, 0.29) is 17.4 Å². The highest BCUT2D eigenvalue weighted by Gasteiger charge is 2.41. The molecule has 0 spiro atoms. The molecule has 1 N–H and O–H groups in total. The second-order valence-corrected chi connectivity index (χ2v) is 9.72. The van der Waals surface area contributed by atoms with E-state index >= 15 is 0 Å². The number of likely N-dealkylation sites (tertiary alicyclic amines) is 1. The quantitative estimate of drug-likeness (QED) is 0.773. The summed E-state index contributed by atoms with van der Waals surface area (Å²) in [5.41, 5.74) is 5.87. The number of likely N-dealkylation sites (N-methyl/N-ethyl adjacent to an activating group) is 1. The Hall–Kier alpha value is -2.17. The molecule has 4 nitrogen and oxygen atoms in total. The zero-order chi connectivity index (χ0) is 21.8. The molecular weight excluding hydrogens is 384 g/mol. The van der Waals surface area contributed by atoms with E-state index in [9.17, 15) is 4.79 Å². The Bertz CT molecular complexity index is 897. The number of aryl methyl sites for hydroxylation is 2. The van der Waals surface area contributed by atoms with Crippen LogP contribution in [-0.4, -0.2) is 50.2 Å². The molecule has 4 heteroatoms. The number of ether oxygens (including phenoxy) is 1. The first kappa shape index (κ1) is 22.0. The molecular formula is C27H36N2O2. The maximum absolute atomic E-state index is 13.6. The van der Waals surface area contributed by atoms with Gasteiger partial charge in [0.25, 0.3) is 0 Å². The summed E-state index contributed by atoms with van der Waals surface area (Å²) >= 11 is 0. The molecule has 2 aromatic carbocycles. The van der Waals surface area contributed by atoms with Gasteiger partial charge < -0.3 is 15.0 Å². The Morgan fingerprint density at radius 2 is 1.84 bits per heavy atom. The molecule has 2 heterocycles. The van der Waals surface area contributed by atoms with Gasteiger partial charge in [-0.2, -0.15) is 0 Å². The minimum atomic E-state index is -0.380. The minimum absolute atomic E-state index is 0.216. The summed E-state index contributed by atoms with van der Waals surface area (Å²) < 4.78 is 5.65. The summed E-state index contributed by atoms with van der Waals surface area (Å²) in [5.74, 6) is 0.216. The van der Waals surface area contributed by atoms with E-state index in [4.69, 9.17) is 4.74 Å². The average Bonchev–Trinajstić information content (AvgIpc) is 2.74. The summed E-state index contributed by atoms with van der Waals surface area (Å²) in [6.45, 7) is 7.68. The number of nitrogens with zero attached hydrogens (tertiary/aromatic N) is 1. The molecule has 4 rings (SSSR count). The van der Waals surface area contributed by atoms with E-state index < -0.39 is 0 Å². The molecule has 166 valence electrons. The first-order valence-corrected chi connectivity index (χ1v) is 11.7. The van der Waals surface area contributed by atoms with Gasteiger partial charge in [-0.05, 0) is 76.2 Å². The van der Waals surface area contributed by atoms with Gasteiger partial charge in [0.2, 0.25) is 5.91 Å². The highest BCUT2D eigenvalue weighted by molar-refractivity contribution is 5.83. The van der Waals surface area contributed by atoms with Crippen LogP contribution < -0.4 is 5.32 Å². The van der Waals surface area contributed by atoms with Crippen molar-refractivity contribution in [3.8, 4) is 11.1 Å². The van der Waals surface area contributed by atoms with E-state index in [1.165, 1.54) is 27.8 Å². The van der Waals surface area contributed by atoms with Gasteiger partial charge in [0.15, 0.2) is 0 Å². The van der Waals surface area contributed by atoms with E-state index in [0.29, 0.717) is 13.2 Å². The molecule has 1 amide bonds. The van der Waals surface area contributed by atoms with Crippen molar-refractivity contribution in [1.29, 1.82) is 0 Å². The number of nitrogens with one attached hydrogen (secondary N) is 1. The van der Waals surface area contributed by atoms with Gasteiger partial charge in [0.05, 0.1) is 5.41 Å². The zero-order valence-electron chi connectivity index (χ0n) is 19.2. The maximum Gasteiger partial charge on any atom is 0.226 e. The molecule has 2 aliphatic heterocycles. The monoisotopic (exact) mass is 420 g/mol. The highest BCUT2D eigenvalue weighted by Crippen LogP contribution is 2.36. The molecule has 2 saturated heterocycles. The molecule has 0 unspecified atom stereocenters. The molecule has 2 fully saturated rings. The van der Waals surface area contributed by atoms with E-state index in [1.54, 1.807) is 0 Å². The van der Waals surface area contributed by atoms with Crippen molar-refractivity contribution in [3.05, 3.63) is 59.2 Å². The van der Waals surface area contributed by atoms with Crippen LogP contribution in [0.25, 0.3) is 11.1 Å². The SMILES string of the molecule is Cc1cc(C)cc(-c2cccc(CC3(C(=O)N[C@H]4CCCN(C)C4)CCOCC3)c2)c1. The fourth-order valence-electron chi connectivity index (χ4n) is 5.26. The molecule has 1 atom stereocenters. The van der Waals surface area contributed by atoms with Crippen LogP contribution in [0.3, 0.4) is 0 Å². The molecule has 31 heavy (non-hydrogen) atoms. The van der Waals surface area contributed by atoms with Gasteiger partial charge in [-0.25, -0.2) is 0 Å². The normalized spacial score (nSPS) is 21.6. The Kier molecular flexibility index (Phi) is 6.78. The van der Waals surface area contributed by atoms with E-state index in [0.717, 1.165) is 45.2 Å². The molecule has 0 bridgehead atoms. The molecule has 0 radical (unpaired) electrons. The van der Waals surface area contributed by atoms with Crippen LogP contribution in [0.15, 0.2) is 42.5 Å². The smallest absolute Gasteiger partial charge is 0.226 e. The van der Waals surface area contributed by atoms with Crippen molar-refractivity contribution in [3.63, 3.8) is 0 Å². The predicted octanol–water partition coefficient (Wildman–Crippen LogP) is 4.52. The van der Waals surface area contributed by atoms with Gasteiger partial charge in [-0.3, -0.25) is 4.79 Å². The van der Waals surface area contributed by atoms with Crippen molar-refractivity contribution in [2.75, 3.05) is 33.4 Å². The number of rotatable bonds is 5. The third-order valence-corrected chi connectivity index (χ3v) is 6.92. The molecule has 0 aromatic heterocycles. The number of carbonyl (C=O) groups is 1. The van der Waals surface area contributed by atoms with Crippen LogP contribution in [-0.2, 0) is 16.0 Å². The van der Waals surface area contributed by atoms with Crippen molar-refractivity contribution >= 4 is 5.91 Å². The first-order chi connectivity index (χ1) is 14.9.